The normalized spacial score (nSPS) is 14.2. The van der Waals surface area contributed by atoms with Crippen molar-refractivity contribution in [1.82, 2.24) is 8.96 Å². The molecule has 0 aliphatic carbocycles. The number of hydrogen-bond donors (Lipinski definition) is 0. The van der Waals surface area contributed by atoms with Gasteiger partial charge in [-0.05, 0) is 46.8 Å². The first-order valence-corrected chi connectivity index (χ1v) is 9.91. The zero-order valence-electron chi connectivity index (χ0n) is 14.3. The molecule has 1 aromatic carbocycles. The van der Waals surface area contributed by atoms with Crippen molar-refractivity contribution in [2.75, 3.05) is 0 Å². The van der Waals surface area contributed by atoms with E-state index < -0.39 is 25.8 Å². The molecule has 0 bridgehead atoms. The van der Waals surface area contributed by atoms with E-state index in [1.807, 2.05) is 27.7 Å². The summed E-state index contributed by atoms with van der Waals surface area (Å²) >= 11 is 0. The van der Waals surface area contributed by atoms with Crippen LogP contribution in [0.25, 0.3) is 0 Å². The van der Waals surface area contributed by atoms with Crippen LogP contribution in [0.1, 0.15) is 37.9 Å². The summed E-state index contributed by atoms with van der Waals surface area (Å²) in [5.41, 5.74) is 1.33. The predicted molar refractivity (Wildman–Crippen MR) is 96.2 cm³/mol. The molecule has 8 heteroatoms. The van der Waals surface area contributed by atoms with Crippen molar-refractivity contribution in [2.24, 2.45) is 4.40 Å². The second-order valence-electron chi connectivity index (χ2n) is 6.42. The van der Waals surface area contributed by atoms with E-state index in [4.69, 9.17) is 0 Å². The summed E-state index contributed by atoms with van der Waals surface area (Å²) in [5.74, 6) is 0.318. The molecule has 1 atom stereocenters. The van der Waals surface area contributed by atoms with Gasteiger partial charge in [0.25, 0.3) is 10.0 Å². The number of nitrogens with zero attached hydrogens (tertiary/aromatic N) is 3. The molecule has 24 heavy (non-hydrogen) atoms. The Bertz CT molecular complexity index is 890. The zero-order valence-corrected chi connectivity index (χ0v) is 16.0. The van der Waals surface area contributed by atoms with Crippen LogP contribution in [0.15, 0.2) is 39.8 Å². The summed E-state index contributed by atoms with van der Waals surface area (Å²) in [5, 5.41) is 0. The Morgan fingerprint density at radius 3 is 2.29 bits per heavy atom. The van der Waals surface area contributed by atoms with Crippen LogP contribution >= 0.6 is 0 Å². The fraction of sp³-hybridized carbons (Fsp3) is 0.375. The first kappa shape index (κ1) is 18.5. The SMILES string of the molecule is Cc1ccc(S(=O)(=O)n2cc(/C=N/[S@@](=O)C(C)(C)C)nc2C)cc1. The van der Waals surface area contributed by atoms with Gasteiger partial charge in [-0.25, -0.2) is 21.6 Å². The minimum atomic E-state index is -3.72. The van der Waals surface area contributed by atoms with Gasteiger partial charge in [0.05, 0.1) is 15.9 Å². The van der Waals surface area contributed by atoms with E-state index in [2.05, 4.69) is 9.38 Å². The highest BCUT2D eigenvalue weighted by atomic mass is 32.2. The summed E-state index contributed by atoms with van der Waals surface area (Å²) in [6, 6.07) is 6.61. The Kier molecular flexibility index (Phi) is 5.10. The van der Waals surface area contributed by atoms with E-state index in [-0.39, 0.29) is 4.90 Å². The Morgan fingerprint density at radius 1 is 1.17 bits per heavy atom. The molecule has 0 aliphatic heterocycles. The van der Waals surface area contributed by atoms with Gasteiger partial charge in [0.15, 0.2) is 0 Å². The molecule has 0 unspecified atom stereocenters. The van der Waals surface area contributed by atoms with Crippen LogP contribution in [-0.2, 0) is 21.0 Å². The second-order valence-corrected chi connectivity index (χ2v) is 10.2. The van der Waals surface area contributed by atoms with Crippen LogP contribution in [0.2, 0.25) is 0 Å². The van der Waals surface area contributed by atoms with Crippen LogP contribution < -0.4 is 0 Å². The molecule has 0 saturated heterocycles. The molecule has 2 aromatic rings. The van der Waals surface area contributed by atoms with Crippen molar-refractivity contribution in [2.45, 2.75) is 44.3 Å². The Balaban J connectivity index is 2.37. The summed E-state index contributed by atoms with van der Waals surface area (Å²) in [7, 11) is -5.14. The largest absolute Gasteiger partial charge is 0.269 e. The van der Waals surface area contributed by atoms with Gasteiger partial charge in [0.2, 0.25) is 0 Å². The molecule has 1 aromatic heterocycles. The second kappa shape index (κ2) is 6.60. The van der Waals surface area contributed by atoms with Crippen LogP contribution in [0.4, 0.5) is 0 Å². The van der Waals surface area contributed by atoms with Gasteiger partial charge in [0.1, 0.15) is 22.5 Å². The topological polar surface area (TPSA) is 81.4 Å². The fourth-order valence-electron chi connectivity index (χ4n) is 1.87. The highest BCUT2D eigenvalue weighted by Crippen LogP contribution is 2.17. The van der Waals surface area contributed by atoms with Gasteiger partial charge in [-0.15, -0.1) is 0 Å². The third-order valence-corrected chi connectivity index (χ3v) is 6.34. The van der Waals surface area contributed by atoms with Crippen molar-refractivity contribution in [1.29, 1.82) is 0 Å². The number of imidazole rings is 1. The molecular formula is C16H21N3O3S2. The van der Waals surface area contributed by atoms with Crippen LogP contribution in [0, 0.1) is 13.8 Å². The van der Waals surface area contributed by atoms with Gasteiger partial charge < -0.3 is 0 Å². The first-order valence-electron chi connectivity index (χ1n) is 7.36. The van der Waals surface area contributed by atoms with E-state index in [0.717, 1.165) is 9.54 Å². The molecule has 0 N–H and O–H groups in total. The number of rotatable bonds is 4. The average molecular weight is 367 g/mol. The Hall–Kier alpha value is -1.80. The van der Waals surface area contributed by atoms with Crippen molar-refractivity contribution < 1.29 is 12.6 Å². The molecule has 0 radical (unpaired) electrons. The third-order valence-electron chi connectivity index (χ3n) is 3.24. The smallest absolute Gasteiger partial charge is 0.234 e. The van der Waals surface area contributed by atoms with Crippen LogP contribution in [0.3, 0.4) is 0 Å². The Labute approximate surface area is 145 Å². The number of benzene rings is 1. The predicted octanol–water partition coefficient (Wildman–Crippen LogP) is 2.62. The maximum Gasteiger partial charge on any atom is 0.269 e. The van der Waals surface area contributed by atoms with Crippen molar-refractivity contribution in [3.8, 4) is 0 Å². The van der Waals surface area contributed by atoms with E-state index in [1.54, 1.807) is 31.2 Å². The standard InChI is InChI=1S/C16H21N3O3S2/c1-12-6-8-15(9-7-12)24(21,22)19-11-14(18-13(19)2)10-17-23(20)16(3,4)5/h6-11H,1-5H3/b17-10+/t23-/m0/s1. The highest BCUT2D eigenvalue weighted by Gasteiger charge is 2.21. The van der Waals surface area contributed by atoms with E-state index in [1.165, 1.54) is 12.4 Å². The van der Waals surface area contributed by atoms with Gasteiger partial charge in [0, 0.05) is 6.20 Å². The van der Waals surface area contributed by atoms with E-state index in [0.29, 0.717) is 11.5 Å². The highest BCUT2D eigenvalue weighted by molar-refractivity contribution is 7.90. The average Bonchev–Trinajstić information content (AvgIpc) is 2.86. The molecule has 130 valence electrons. The lowest BCUT2D eigenvalue weighted by Gasteiger charge is -2.12. The maximum atomic E-state index is 12.7. The zero-order chi connectivity index (χ0) is 18.1. The minimum absolute atomic E-state index is 0.190. The van der Waals surface area contributed by atoms with Gasteiger partial charge in [-0.2, -0.15) is 4.40 Å². The lowest BCUT2D eigenvalue weighted by atomic mass is 10.2. The lowest BCUT2D eigenvalue weighted by molar-refractivity contribution is 0.586. The molecular weight excluding hydrogens is 346 g/mol. The quantitative estimate of drug-likeness (QED) is 0.778. The van der Waals surface area contributed by atoms with Gasteiger partial charge >= 0.3 is 0 Å². The van der Waals surface area contributed by atoms with Crippen LogP contribution in [0.5, 0.6) is 0 Å². The molecule has 2 rings (SSSR count). The monoisotopic (exact) mass is 367 g/mol. The number of aromatic nitrogens is 2. The molecule has 0 amide bonds. The molecule has 0 spiro atoms. The molecule has 6 nitrogen and oxygen atoms in total. The maximum absolute atomic E-state index is 12.7. The number of hydrogen-bond acceptors (Lipinski definition) is 4. The molecule has 0 fully saturated rings. The van der Waals surface area contributed by atoms with E-state index >= 15 is 0 Å². The van der Waals surface area contributed by atoms with Gasteiger partial charge in [-0.1, -0.05) is 17.7 Å². The number of aryl methyl sites for hydroxylation is 2. The minimum Gasteiger partial charge on any atom is -0.234 e. The summed E-state index contributed by atoms with van der Waals surface area (Å²) in [6.07, 6.45) is 2.73. The fourth-order valence-corrected chi connectivity index (χ4v) is 3.73. The van der Waals surface area contributed by atoms with E-state index in [9.17, 15) is 12.6 Å². The van der Waals surface area contributed by atoms with Crippen molar-refractivity contribution >= 4 is 27.2 Å². The summed E-state index contributed by atoms with van der Waals surface area (Å²) in [6.45, 7) is 8.93. The lowest BCUT2D eigenvalue weighted by Crippen LogP contribution is -2.19. The first-order chi connectivity index (χ1) is 11.0. The summed E-state index contributed by atoms with van der Waals surface area (Å²) in [4.78, 5) is 4.36. The molecule has 0 saturated carbocycles. The third kappa shape index (κ3) is 3.99. The Morgan fingerprint density at radius 2 is 1.75 bits per heavy atom. The summed E-state index contributed by atoms with van der Waals surface area (Å²) < 4.78 is 41.9. The van der Waals surface area contributed by atoms with Crippen molar-refractivity contribution in [3.05, 3.63) is 47.5 Å². The molecule has 0 aliphatic rings. The van der Waals surface area contributed by atoms with Crippen LogP contribution in [-0.4, -0.2) is 32.5 Å². The van der Waals surface area contributed by atoms with Crippen molar-refractivity contribution in [3.63, 3.8) is 0 Å². The molecule has 1 heterocycles. The van der Waals surface area contributed by atoms with Gasteiger partial charge in [-0.3, -0.25) is 0 Å².